The Morgan fingerprint density at radius 1 is 1.41 bits per heavy atom. The van der Waals surface area contributed by atoms with Crippen molar-refractivity contribution < 1.29 is 22.7 Å². The second-order valence-corrected chi connectivity index (χ2v) is 4.47. The maximum atomic E-state index is 11.8. The van der Waals surface area contributed by atoms with E-state index in [1.54, 1.807) is 0 Å². The molecule has 0 spiro atoms. The number of alkyl halides is 3. The number of amides is 1. The third-order valence-corrected chi connectivity index (χ3v) is 2.65. The Bertz CT molecular complexity index is 263. The van der Waals surface area contributed by atoms with Crippen LogP contribution in [0, 0.1) is 0 Å². The zero-order valence-electron chi connectivity index (χ0n) is 9.69. The van der Waals surface area contributed by atoms with E-state index < -0.39 is 25.3 Å². The number of carbonyl (C=O) groups excluding carboxylic acids is 1. The monoisotopic (exact) mass is 254 g/mol. The summed E-state index contributed by atoms with van der Waals surface area (Å²) in [4.78, 5) is 11.4. The fourth-order valence-corrected chi connectivity index (χ4v) is 1.74. The molecule has 17 heavy (non-hydrogen) atoms. The Morgan fingerprint density at radius 3 is 2.53 bits per heavy atom. The van der Waals surface area contributed by atoms with Crippen LogP contribution in [0.25, 0.3) is 0 Å². The summed E-state index contributed by atoms with van der Waals surface area (Å²) in [5.41, 5.74) is -0.343. The fourth-order valence-electron chi connectivity index (χ4n) is 1.74. The summed E-state index contributed by atoms with van der Waals surface area (Å²) in [5, 5.41) is 5.86. The van der Waals surface area contributed by atoms with Gasteiger partial charge in [-0.05, 0) is 32.9 Å². The highest BCUT2D eigenvalue weighted by Crippen LogP contribution is 2.17. The van der Waals surface area contributed by atoms with Gasteiger partial charge in [-0.15, -0.1) is 0 Å². The predicted molar refractivity (Wildman–Crippen MR) is 55.5 cm³/mol. The van der Waals surface area contributed by atoms with E-state index in [2.05, 4.69) is 15.4 Å². The van der Waals surface area contributed by atoms with Crippen molar-refractivity contribution in [3.8, 4) is 0 Å². The van der Waals surface area contributed by atoms with Crippen molar-refractivity contribution in [3.05, 3.63) is 0 Å². The summed E-state index contributed by atoms with van der Waals surface area (Å²) in [6, 6.07) is 0. The van der Waals surface area contributed by atoms with E-state index in [0.29, 0.717) is 0 Å². The van der Waals surface area contributed by atoms with Crippen molar-refractivity contribution in [1.29, 1.82) is 0 Å². The lowest BCUT2D eigenvalue weighted by Gasteiger charge is -2.34. The van der Waals surface area contributed by atoms with Crippen LogP contribution in [0.15, 0.2) is 0 Å². The van der Waals surface area contributed by atoms with E-state index in [9.17, 15) is 18.0 Å². The van der Waals surface area contributed by atoms with Crippen molar-refractivity contribution in [2.45, 2.75) is 31.5 Å². The zero-order chi connectivity index (χ0) is 12.9. The molecule has 100 valence electrons. The van der Waals surface area contributed by atoms with Gasteiger partial charge in [0.05, 0.1) is 0 Å². The smallest absolute Gasteiger partial charge is 0.362 e. The van der Waals surface area contributed by atoms with Gasteiger partial charge in [0.1, 0.15) is 13.2 Å². The van der Waals surface area contributed by atoms with Gasteiger partial charge in [0.15, 0.2) is 0 Å². The second-order valence-electron chi connectivity index (χ2n) is 4.47. The molecule has 1 rings (SSSR count). The Balaban J connectivity index is 2.24. The summed E-state index contributed by atoms with van der Waals surface area (Å²) < 4.78 is 39.6. The number of nitrogens with one attached hydrogen (secondary N) is 2. The average Bonchev–Trinajstić information content (AvgIpc) is 2.15. The highest BCUT2D eigenvalue weighted by atomic mass is 19.4. The number of halogens is 3. The minimum atomic E-state index is -4.39. The van der Waals surface area contributed by atoms with E-state index in [1.807, 2.05) is 6.92 Å². The average molecular weight is 254 g/mol. The minimum absolute atomic E-state index is 0.343. The number of hydrogen-bond donors (Lipinski definition) is 2. The number of hydrogen-bond acceptors (Lipinski definition) is 3. The quantitative estimate of drug-likeness (QED) is 0.781. The van der Waals surface area contributed by atoms with Crippen LogP contribution in [-0.2, 0) is 9.53 Å². The molecule has 1 heterocycles. The molecule has 2 N–H and O–H groups in total. The van der Waals surface area contributed by atoms with Crippen molar-refractivity contribution in [3.63, 3.8) is 0 Å². The molecule has 0 bridgehead atoms. The van der Waals surface area contributed by atoms with Gasteiger partial charge in [0.2, 0.25) is 5.91 Å². The Hall–Kier alpha value is -0.820. The van der Waals surface area contributed by atoms with Gasteiger partial charge in [-0.25, -0.2) is 0 Å². The first-order valence-corrected chi connectivity index (χ1v) is 5.47. The van der Waals surface area contributed by atoms with Crippen molar-refractivity contribution in [2.24, 2.45) is 0 Å². The first-order valence-electron chi connectivity index (χ1n) is 5.47. The maximum absolute atomic E-state index is 11.8. The Labute approximate surface area is 97.9 Å². The first-order chi connectivity index (χ1) is 7.81. The molecular weight excluding hydrogens is 237 g/mol. The zero-order valence-corrected chi connectivity index (χ0v) is 9.69. The van der Waals surface area contributed by atoms with Crippen LogP contribution in [-0.4, -0.2) is 43.9 Å². The molecular formula is C10H17F3N2O2. The molecule has 1 saturated heterocycles. The third kappa shape index (κ3) is 5.88. The van der Waals surface area contributed by atoms with Gasteiger partial charge in [0.25, 0.3) is 0 Å². The molecule has 1 aliphatic heterocycles. The van der Waals surface area contributed by atoms with E-state index in [-0.39, 0.29) is 5.54 Å². The lowest BCUT2D eigenvalue weighted by molar-refractivity contribution is -0.176. The summed E-state index contributed by atoms with van der Waals surface area (Å²) in [7, 11) is 0. The largest absolute Gasteiger partial charge is 0.411 e. The lowest BCUT2D eigenvalue weighted by atomic mass is 9.90. The van der Waals surface area contributed by atoms with Crippen LogP contribution in [0.3, 0.4) is 0 Å². The molecule has 7 heteroatoms. The third-order valence-electron chi connectivity index (χ3n) is 2.65. The van der Waals surface area contributed by atoms with Gasteiger partial charge >= 0.3 is 6.18 Å². The van der Waals surface area contributed by atoms with Gasteiger partial charge in [-0.1, -0.05) is 0 Å². The second kappa shape index (κ2) is 5.68. The summed E-state index contributed by atoms with van der Waals surface area (Å²) >= 11 is 0. The van der Waals surface area contributed by atoms with E-state index >= 15 is 0 Å². The number of rotatable bonds is 4. The molecule has 0 aromatic carbocycles. The van der Waals surface area contributed by atoms with E-state index in [0.717, 1.165) is 25.9 Å². The predicted octanol–water partition coefficient (Wildman–Crippen LogP) is 0.824. The molecule has 1 fully saturated rings. The van der Waals surface area contributed by atoms with E-state index in [4.69, 9.17) is 0 Å². The van der Waals surface area contributed by atoms with Gasteiger partial charge in [-0.2, -0.15) is 13.2 Å². The van der Waals surface area contributed by atoms with Crippen LogP contribution < -0.4 is 10.6 Å². The van der Waals surface area contributed by atoms with Crippen molar-refractivity contribution >= 4 is 5.91 Å². The molecule has 0 aromatic heterocycles. The van der Waals surface area contributed by atoms with Gasteiger partial charge < -0.3 is 15.4 Å². The Kier molecular flexibility index (Phi) is 4.76. The van der Waals surface area contributed by atoms with Crippen LogP contribution in [0.2, 0.25) is 0 Å². The summed E-state index contributed by atoms with van der Waals surface area (Å²) in [6.45, 7) is 1.52. The minimum Gasteiger partial charge on any atom is -0.362 e. The van der Waals surface area contributed by atoms with Crippen LogP contribution in [0.4, 0.5) is 13.2 Å². The topological polar surface area (TPSA) is 50.4 Å². The van der Waals surface area contributed by atoms with Gasteiger partial charge in [-0.3, -0.25) is 4.79 Å². The molecule has 0 aliphatic carbocycles. The molecule has 4 nitrogen and oxygen atoms in total. The SMILES string of the molecule is CC1(NC(=O)COCC(F)(F)F)CCNCC1. The maximum Gasteiger partial charge on any atom is 0.411 e. The van der Waals surface area contributed by atoms with Crippen LogP contribution in [0.5, 0.6) is 0 Å². The normalized spacial score (nSPS) is 20.0. The molecule has 0 unspecified atom stereocenters. The van der Waals surface area contributed by atoms with Crippen LogP contribution >= 0.6 is 0 Å². The standard InChI is InChI=1S/C10H17F3N2O2/c1-9(2-4-14-5-3-9)15-8(16)6-17-7-10(11,12)13/h14H,2-7H2,1H3,(H,15,16). The Morgan fingerprint density at radius 2 is 2.00 bits per heavy atom. The van der Waals surface area contributed by atoms with E-state index in [1.165, 1.54) is 0 Å². The van der Waals surface area contributed by atoms with Gasteiger partial charge in [0, 0.05) is 5.54 Å². The summed E-state index contributed by atoms with van der Waals surface area (Å²) in [5.74, 6) is -0.501. The number of piperidine rings is 1. The molecule has 0 radical (unpaired) electrons. The molecule has 1 amide bonds. The molecule has 0 atom stereocenters. The molecule has 0 saturated carbocycles. The first kappa shape index (κ1) is 14.2. The summed E-state index contributed by atoms with van der Waals surface area (Å²) in [6.07, 6.45) is -2.87. The number of ether oxygens (including phenoxy) is 1. The lowest BCUT2D eigenvalue weighted by Crippen LogP contribution is -2.53. The molecule has 0 aromatic rings. The highest BCUT2D eigenvalue weighted by Gasteiger charge is 2.30. The highest BCUT2D eigenvalue weighted by molar-refractivity contribution is 5.78. The van der Waals surface area contributed by atoms with Crippen LogP contribution in [0.1, 0.15) is 19.8 Å². The number of carbonyl (C=O) groups is 1. The van der Waals surface area contributed by atoms with Crippen molar-refractivity contribution in [2.75, 3.05) is 26.3 Å². The van der Waals surface area contributed by atoms with Crippen molar-refractivity contribution in [1.82, 2.24) is 10.6 Å². The molecule has 1 aliphatic rings. The fraction of sp³-hybridized carbons (Fsp3) is 0.900.